The maximum Gasteiger partial charge on any atom is 0.188 e. The highest BCUT2D eigenvalue weighted by atomic mass is 32.2. The molecule has 2 aromatic heterocycles. The predicted octanol–water partition coefficient (Wildman–Crippen LogP) is 3.35. The van der Waals surface area contributed by atoms with Crippen LogP contribution in [0.3, 0.4) is 0 Å². The van der Waals surface area contributed by atoms with E-state index in [1.54, 1.807) is 24.4 Å². The number of rotatable bonds is 4. The molecule has 1 aromatic carbocycles. The lowest BCUT2D eigenvalue weighted by Crippen LogP contribution is -1.97. The monoisotopic (exact) mass is 331 g/mol. The van der Waals surface area contributed by atoms with Gasteiger partial charge in [0.1, 0.15) is 5.82 Å². The van der Waals surface area contributed by atoms with Crippen molar-refractivity contribution in [3.63, 3.8) is 0 Å². The molecule has 3 aromatic rings. The fraction of sp³-hybridized carbons (Fsp3) is 0.0667. The molecule has 2 heterocycles. The standard InChI is InChI=1S/C15H13N3O2S2/c1-22(19,20)12-6-4-5-11(9-12)13-10-21-15(17-13)18-14-7-2-3-8-16-14/h2-10H,1H3,(H,16,17,18). The topological polar surface area (TPSA) is 72.0 Å². The fourth-order valence-electron chi connectivity index (χ4n) is 1.90. The van der Waals surface area contributed by atoms with E-state index in [9.17, 15) is 8.42 Å². The lowest BCUT2D eigenvalue weighted by atomic mass is 10.2. The van der Waals surface area contributed by atoms with Gasteiger partial charge in [0, 0.05) is 23.4 Å². The first-order chi connectivity index (χ1) is 10.5. The summed E-state index contributed by atoms with van der Waals surface area (Å²) in [5, 5.41) is 5.71. The molecule has 3 rings (SSSR count). The van der Waals surface area contributed by atoms with Crippen molar-refractivity contribution < 1.29 is 8.42 Å². The average Bonchev–Trinajstić information content (AvgIpc) is 2.96. The second-order valence-corrected chi connectivity index (χ2v) is 7.55. The summed E-state index contributed by atoms with van der Waals surface area (Å²) in [6, 6.07) is 12.4. The van der Waals surface area contributed by atoms with Gasteiger partial charge >= 0.3 is 0 Å². The smallest absolute Gasteiger partial charge is 0.188 e. The molecular formula is C15H13N3O2S2. The van der Waals surface area contributed by atoms with Crippen molar-refractivity contribution in [1.29, 1.82) is 0 Å². The van der Waals surface area contributed by atoms with E-state index in [0.717, 1.165) is 11.3 Å². The number of hydrogen-bond donors (Lipinski definition) is 1. The molecule has 1 N–H and O–H groups in total. The van der Waals surface area contributed by atoms with E-state index in [1.807, 2.05) is 29.6 Å². The highest BCUT2D eigenvalue weighted by Gasteiger charge is 2.10. The Labute approximate surface area is 132 Å². The van der Waals surface area contributed by atoms with Crippen molar-refractivity contribution >= 4 is 32.1 Å². The molecule has 0 unspecified atom stereocenters. The van der Waals surface area contributed by atoms with Crippen molar-refractivity contribution in [3.05, 3.63) is 54.0 Å². The summed E-state index contributed by atoms with van der Waals surface area (Å²) in [4.78, 5) is 8.94. The molecule has 0 fully saturated rings. The van der Waals surface area contributed by atoms with Gasteiger partial charge in [0.25, 0.3) is 0 Å². The molecule has 0 aliphatic rings. The van der Waals surface area contributed by atoms with Crippen LogP contribution in [0.2, 0.25) is 0 Å². The maximum atomic E-state index is 11.6. The Balaban J connectivity index is 1.88. The zero-order chi connectivity index (χ0) is 15.6. The highest BCUT2D eigenvalue weighted by molar-refractivity contribution is 7.90. The molecule has 0 bridgehead atoms. The minimum absolute atomic E-state index is 0.289. The maximum absolute atomic E-state index is 11.6. The fourth-order valence-corrected chi connectivity index (χ4v) is 3.29. The number of benzene rings is 1. The molecule has 0 aliphatic heterocycles. The van der Waals surface area contributed by atoms with Crippen LogP contribution in [0.1, 0.15) is 0 Å². The summed E-state index contributed by atoms with van der Waals surface area (Å²) in [6.45, 7) is 0. The van der Waals surface area contributed by atoms with Crippen LogP contribution in [0.5, 0.6) is 0 Å². The molecule has 5 nitrogen and oxygen atoms in total. The molecule has 0 spiro atoms. The van der Waals surface area contributed by atoms with E-state index >= 15 is 0 Å². The number of sulfone groups is 1. The number of pyridine rings is 1. The second kappa shape index (κ2) is 5.86. The van der Waals surface area contributed by atoms with E-state index in [2.05, 4.69) is 15.3 Å². The average molecular weight is 331 g/mol. The van der Waals surface area contributed by atoms with Gasteiger partial charge in [-0.05, 0) is 24.3 Å². The molecule has 22 heavy (non-hydrogen) atoms. The largest absolute Gasteiger partial charge is 0.316 e. The molecule has 0 aliphatic carbocycles. The first-order valence-corrected chi connectivity index (χ1v) is 9.23. The zero-order valence-electron chi connectivity index (χ0n) is 11.7. The van der Waals surface area contributed by atoms with E-state index < -0.39 is 9.84 Å². The zero-order valence-corrected chi connectivity index (χ0v) is 13.4. The first-order valence-electron chi connectivity index (χ1n) is 6.46. The second-order valence-electron chi connectivity index (χ2n) is 4.68. The molecule has 112 valence electrons. The Morgan fingerprint density at radius 2 is 2.00 bits per heavy atom. The van der Waals surface area contributed by atoms with Gasteiger partial charge in [0.15, 0.2) is 15.0 Å². The number of thiazole rings is 1. The molecule has 0 saturated carbocycles. The summed E-state index contributed by atoms with van der Waals surface area (Å²) >= 11 is 1.44. The van der Waals surface area contributed by atoms with Crippen LogP contribution in [0.15, 0.2) is 58.9 Å². The van der Waals surface area contributed by atoms with E-state index in [0.29, 0.717) is 10.9 Å². The molecule has 7 heteroatoms. The van der Waals surface area contributed by atoms with Crippen molar-refractivity contribution in [1.82, 2.24) is 9.97 Å². The van der Waals surface area contributed by atoms with E-state index in [1.165, 1.54) is 17.6 Å². The number of nitrogens with one attached hydrogen (secondary N) is 1. The van der Waals surface area contributed by atoms with Gasteiger partial charge in [-0.3, -0.25) is 0 Å². The Morgan fingerprint density at radius 3 is 2.73 bits per heavy atom. The molecule has 0 atom stereocenters. The number of hydrogen-bond acceptors (Lipinski definition) is 6. The number of anilines is 2. The normalized spacial score (nSPS) is 11.3. The van der Waals surface area contributed by atoms with Crippen LogP contribution in [0, 0.1) is 0 Å². The Bertz CT molecular complexity index is 890. The Hall–Kier alpha value is -2.25. The summed E-state index contributed by atoms with van der Waals surface area (Å²) in [7, 11) is -3.23. The molecule has 0 saturated heterocycles. The lowest BCUT2D eigenvalue weighted by molar-refractivity contribution is 0.602. The van der Waals surface area contributed by atoms with Crippen molar-refractivity contribution in [2.45, 2.75) is 4.90 Å². The Morgan fingerprint density at radius 1 is 1.14 bits per heavy atom. The summed E-state index contributed by atoms with van der Waals surface area (Å²) in [5.41, 5.74) is 1.50. The van der Waals surface area contributed by atoms with Crippen LogP contribution < -0.4 is 5.32 Å². The molecule has 0 radical (unpaired) electrons. The SMILES string of the molecule is CS(=O)(=O)c1cccc(-c2csc(Nc3ccccn3)n2)c1. The van der Waals surface area contributed by atoms with Gasteiger partial charge in [-0.15, -0.1) is 11.3 Å². The quantitative estimate of drug-likeness (QED) is 0.794. The van der Waals surface area contributed by atoms with Gasteiger partial charge in [-0.25, -0.2) is 18.4 Å². The van der Waals surface area contributed by atoms with Crippen molar-refractivity contribution in [2.75, 3.05) is 11.6 Å². The lowest BCUT2D eigenvalue weighted by Gasteiger charge is -2.02. The summed E-state index contributed by atoms with van der Waals surface area (Å²) in [6.07, 6.45) is 2.90. The van der Waals surface area contributed by atoms with Crippen LogP contribution in [0.25, 0.3) is 11.3 Å². The van der Waals surface area contributed by atoms with Crippen LogP contribution in [0.4, 0.5) is 10.9 Å². The van der Waals surface area contributed by atoms with E-state index in [-0.39, 0.29) is 4.90 Å². The predicted molar refractivity (Wildman–Crippen MR) is 88.2 cm³/mol. The Kier molecular flexibility index (Phi) is 3.91. The van der Waals surface area contributed by atoms with Crippen LogP contribution in [-0.4, -0.2) is 24.6 Å². The molecular weight excluding hydrogens is 318 g/mol. The van der Waals surface area contributed by atoms with Gasteiger partial charge in [0.05, 0.1) is 10.6 Å². The number of nitrogens with zero attached hydrogens (tertiary/aromatic N) is 2. The third-order valence-electron chi connectivity index (χ3n) is 2.96. The van der Waals surface area contributed by atoms with Gasteiger partial charge in [-0.2, -0.15) is 0 Å². The first kappa shape index (κ1) is 14.7. The van der Waals surface area contributed by atoms with Crippen molar-refractivity contribution in [2.24, 2.45) is 0 Å². The van der Waals surface area contributed by atoms with Gasteiger partial charge in [-0.1, -0.05) is 18.2 Å². The summed E-state index contributed by atoms with van der Waals surface area (Å²) in [5.74, 6) is 0.716. The molecule has 0 amide bonds. The van der Waals surface area contributed by atoms with Gasteiger partial charge in [0.2, 0.25) is 0 Å². The highest BCUT2D eigenvalue weighted by Crippen LogP contribution is 2.27. The minimum atomic E-state index is -3.23. The number of aromatic nitrogens is 2. The minimum Gasteiger partial charge on any atom is -0.316 e. The third-order valence-corrected chi connectivity index (χ3v) is 4.83. The van der Waals surface area contributed by atoms with Crippen LogP contribution in [-0.2, 0) is 9.84 Å². The van der Waals surface area contributed by atoms with Gasteiger partial charge < -0.3 is 5.32 Å². The van der Waals surface area contributed by atoms with E-state index in [4.69, 9.17) is 0 Å². The summed E-state index contributed by atoms with van der Waals surface area (Å²) < 4.78 is 23.2. The van der Waals surface area contributed by atoms with Crippen molar-refractivity contribution in [3.8, 4) is 11.3 Å². The third kappa shape index (κ3) is 3.32. The van der Waals surface area contributed by atoms with Crippen LogP contribution >= 0.6 is 11.3 Å².